The van der Waals surface area contributed by atoms with E-state index in [0.717, 1.165) is 23.6 Å². The molecule has 0 saturated heterocycles. The highest BCUT2D eigenvalue weighted by molar-refractivity contribution is 6.34. The summed E-state index contributed by atoms with van der Waals surface area (Å²) < 4.78 is 5.79. The van der Waals surface area contributed by atoms with Gasteiger partial charge in [-0.3, -0.25) is 4.79 Å². The Bertz CT molecular complexity index is 684. The Hall–Kier alpha value is -2.30. The molecule has 1 heterocycles. The van der Waals surface area contributed by atoms with Crippen LogP contribution in [0.1, 0.15) is 41.8 Å². The van der Waals surface area contributed by atoms with Gasteiger partial charge in [0.05, 0.1) is 5.56 Å². The van der Waals surface area contributed by atoms with Crippen LogP contribution in [-0.2, 0) is 6.32 Å². The van der Waals surface area contributed by atoms with Crippen molar-refractivity contribution in [3.8, 4) is 11.6 Å². The van der Waals surface area contributed by atoms with Gasteiger partial charge in [-0.15, -0.1) is 0 Å². The summed E-state index contributed by atoms with van der Waals surface area (Å²) in [6.07, 6.45) is 5.08. The largest absolute Gasteiger partial charge is 0.439 e. The van der Waals surface area contributed by atoms with Crippen LogP contribution in [0.4, 0.5) is 0 Å². The maximum absolute atomic E-state index is 11.0. The van der Waals surface area contributed by atoms with Crippen molar-refractivity contribution in [2.24, 2.45) is 11.7 Å². The summed E-state index contributed by atoms with van der Waals surface area (Å²) in [7, 11) is 1.22. The molecule has 0 radical (unpaired) electrons. The predicted molar refractivity (Wildman–Crippen MR) is 99.1 cm³/mol. The standard InChI is InChI=1S/C19H25BN2O2/c1-13(2)8-9-20-11-15-4-6-17(14(3)10-15)24-18-7-5-16(12-22-18)19(21)23/h4-7,10,12-13,20H,8-9,11H2,1-3H3,(H2,21,23). The van der Waals surface area contributed by atoms with E-state index in [9.17, 15) is 4.79 Å². The average Bonchev–Trinajstić information content (AvgIpc) is 2.54. The molecule has 5 heteroatoms. The quantitative estimate of drug-likeness (QED) is 0.595. The van der Waals surface area contributed by atoms with Gasteiger partial charge in [0.15, 0.2) is 0 Å². The minimum Gasteiger partial charge on any atom is -0.439 e. The number of aryl methyl sites for hydroxylation is 1. The van der Waals surface area contributed by atoms with Gasteiger partial charge in [-0.2, -0.15) is 0 Å². The molecule has 1 aromatic carbocycles. The molecule has 1 amide bonds. The minimum absolute atomic E-state index is 0.371. The second kappa shape index (κ2) is 8.53. The van der Waals surface area contributed by atoms with Crippen molar-refractivity contribution in [3.05, 3.63) is 53.2 Å². The first-order valence-electron chi connectivity index (χ1n) is 8.49. The number of pyridine rings is 1. The molecule has 0 fully saturated rings. The van der Waals surface area contributed by atoms with Gasteiger partial charge in [0.25, 0.3) is 0 Å². The van der Waals surface area contributed by atoms with Gasteiger partial charge in [-0.1, -0.05) is 50.6 Å². The van der Waals surface area contributed by atoms with Gasteiger partial charge in [0.2, 0.25) is 11.8 Å². The third kappa shape index (κ3) is 5.41. The number of amides is 1. The third-order valence-electron chi connectivity index (χ3n) is 3.97. The molecule has 126 valence electrons. The van der Waals surface area contributed by atoms with Crippen molar-refractivity contribution in [1.82, 2.24) is 4.98 Å². The number of aromatic nitrogens is 1. The highest BCUT2D eigenvalue weighted by atomic mass is 16.5. The molecule has 1 aromatic heterocycles. The lowest BCUT2D eigenvalue weighted by atomic mass is 9.67. The summed E-state index contributed by atoms with van der Waals surface area (Å²) in [4.78, 5) is 15.2. The van der Waals surface area contributed by atoms with Crippen molar-refractivity contribution in [2.45, 2.75) is 39.8 Å². The Morgan fingerprint density at radius 3 is 2.67 bits per heavy atom. The van der Waals surface area contributed by atoms with Gasteiger partial charge in [0.1, 0.15) is 13.0 Å². The zero-order valence-electron chi connectivity index (χ0n) is 14.7. The van der Waals surface area contributed by atoms with E-state index in [0.29, 0.717) is 11.4 Å². The first-order valence-corrected chi connectivity index (χ1v) is 8.49. The van der Waals surface area contributed by atoms with Crippen LogP contribution in [0.2, 0.25) is 6.32 Å². The van der Waals surface area contributed by atoms with Crippen LogP contribution in [0.5, 0.6) is 11.6 Å². The number of nitrogens with zero attached hydrogens (tertiary/aromatic N) is 1. The van der Waals surface area contributed by atoms with E-state index < -0.39 is 5.91 Å². The fourth-order valence-corrected chi connectivity index (χ4v) is 2.56. The molecular weight excluding hydrogens is 299 g/mol. The summed E-state index contributed by atoms with van der Waals surface area (Å²) in [5.41, 5.74) is 7.99. The number of primary amides is 1. The van der Waals surface area contributed by atoms with Crippen molar-refractivity contribution >= 4 is 13.2 Å². The summed E-state index contributed by atoms with van der Waals surface area (Å²) >= 11 is 0. The summed E-state index contributed by atoms with van der Waals surface area (Å²) in [5.74, 6) is 1.51. The molecule has 2 rings (SSSR count). The summed E-state index contributed by atoms with van der Waals surface area (Å²) in [6.45, 7) is 6.56. The Morgan fingerprint density at radius 1 is 1.29 bits per heavy atom. The molecule has 0 unspecified atom stereocenters. The lowest BCUT2D eigenvalue weighted by molar-refractivity contribution is 0.1000. The zero-order chi connectivity index (χ0) is 17.5. The number of rotatable bonds is 8. The average molecular weight is 324 g/mol. The number of hydrogen-bond donors (Lipinski definition) is 1. The number of hydrogen-bond acceptors (Lipinski definition) is 3. The monoisotopic (exact) mass is 324 g/mol. The van der Waals surface area contributed by atoms with Crippen molar-refractivity contribution in [1.29, 1.82) is 0 Å². The van der Waals surface area contributed by atoms with Crippen molar-refractivity contribution < 1.29 is 9.53 Å². The molecule has 0 atom stereocenters. The topological polar surface area (TPSA) is 65.2 Å². The lowest BCUT2D eigenvalue weighted by Gasteiger charge is -2.10. The zero-order valence-corrected chi connectivity index (χ0v) is 14.7. The first-order chi connectivity index (χ1) is 11.5. The minimum atomic E-state index is -0.493. The molecule has 24 heavy (non-hydrogen) atoms. The van der Waals surface area contributed by atoms with Gasteiger partial charge < -0.3 is 10.5 Å². The normalized spacial score (nSPS) is 10.7. The van der Waals surface area contributed by atoms with E-state index in [-0.39, 0.29) is 0 Å². The van der Waals surface area contributed by atoms with Crippen molar-refractivity contribution in [3.63, 3.8) is 0 Å². The van der Waals surface area contributed by atoms with E-state index in [4.69, 9.17) is 10.5 Å². The van der Waals surface area contributed by atoms with Crippen LogP contribution < -0.4 is 10.5 Å². The van der Waals surface area contributed by atoms with E-state index >= 15 is 0 Å². The Labute approximate surface area is 144 Å². The highest BCUT2D eigenvalue weighted by Gasteiger charge is 2.06. The number of benzene rings is 1. The number of carbonyl (C=O) groups is 1. The van der Waals surface area contributed by atoms with E-state index in [1.807, 2.05) is 13.0 Å². The number of nitrogens with two attached hydrogens (primary N) is 1. The molecule has 4 nitrogen and oxygen atoms in total. The van der Waals surface area contributed by atoms with E-state index in [2.05, 4.69) is 31.0 Å². The van der Waals surface area contributed by atoms with Crippen molar-refractivity contribution in [2.75, 3.05) is 0 Å². The molecule has 0 aliphatic rings. The maximum atomic E-state index is 11.0. The van der Waals surface area contributed by atoms with Gasteiger partial charge >= 0.3 is 0 Å². The SMILES string of the molecule is Cc1cc(CBCCC(C)C)ccc1Oc1ccc(C(N)=O)cn1. The molecular formula is C19H25BN2O2. The van der Waals surface area contributed by atoms with Crippen LogP contribution in [0, 0.1) is 12.8 Å². The molecule has 0 saturated carbocycles. The lowest BCUT2D eigenvalue weighted by Crippen LogP contribution is -2.10. The highest BCUT2D eigenvalue weighted by Crippen LogP contribution is 2.24. The molecule has 0 aliphatic carbocycles. The van der Waals surface area contributed by atoms with Gasteiger partial charge in [0, 0.05) is 12.3 Å². The Kier molecular flexibility index (Phi) is 6.41. The van der Waals surface area contributed by atoms with E-state index in [1.165, 1.54) is 31.8 Å². The maximum Gasteiger partial charge on any atom is 0.250 e. The van der Waals surface area contributed by atoms with Crippen LogP contribution in [0.25, 0.3) is 0 Å². The second-order valence-electron chi connectivity index (χ2n) is 6.59. The third-order valence-corrected chi connectivity index (χ3v) is 3.97. The molecule has 0 spiro atoms. The van der Waals surface area contributed by atoms with Gasteiger partial charge in [-0.05, 0) is 30.5 Å². The second-order valence-corrected chi connectivity index (χ2v) is 6.59. The fourth-order valence-electron chi connectivity index (χ4n) is 2.56. The van der Waals surface area contributed by atoms with Gasteiger partial charge in [-0.25, -0.2) is 4.98 Å². The molecule has 2 N–H and O–H groups in total. The summed E-state index contributed by atoms with van der Waals surface area (Å²) in [5, 5.41) is 0. The Morgan fingerprint density at radius 2 is 2.08 bits per heavy atom. The van der Waals surface area contributed by atoms with Crippen LogP contribution in [0.15, 0.2) is 36.5 Å². The predicted octanol–water partition coefficient (Wildman–Crippen LogP) is 3.68. The first kappa shape index (κ1) is 18.0. The van der Waals surface area contributed by atoms with E-state index in [1.54, 1.807) is 12.1 Å². The summed E-state index contributed by atoms with van der Waals surface area (Å²) in [6, 6.07) is 9.53. The molecule has 0 aliphatic heterocycles. The molecule has 0 bridgehead atoms. The Balaban J connectivity index is 1.95. The van der Waals surface area contributed by atoms with Crippen LogP contribution in [-0.4, -0.2) is 18.2 Å². The fraction of sp³-hybridized carbons (Fsp3) is 0.368. The number of ether oxygens (including phenoxy) is 1. The number of carbonyl (C=O) groups excluding carboxylic acids is 1. The van der Waals surface area contributed by atoms with Crippen LogP contribution >= 0.6 is 0 Å². The van der Waals surface area contributed by atoms with Crippen LogP contribution in [0.3, 0.4) is 0 Å². The molecule has 2 aromatic rings. The smallest absolute Gasteiger partial charge is 0.250 e.